The molecular weight excluding hydrogens is 277 g/mol. The Kier molecular flexibility index (Phi) is 5.39. The van der Waals surface area contributed by atoms with Gasteiger partial charge in [-0.2, -0.15) is 0 Å². The SMILES string of the molecule is CCCNCc1ccc(Oc2ccccc2F)c(Cl)c1. The average molecular weight is 294 g/mol. The van der Waals surface area contributed by atoms with Crippen LogP contribution >= 0.6 is 11.6 Å². The summed E-state index contributed by atoms with van der Waals surface area (Å²) in [5, 5.41) is 3.77. The quantitative estimate of drug-likeness (QED) is 0.775. The molecular formula is C16H17ClFNO. The molecule has 0 aliphatic rings. The number of hydrogen-bond acceptors (Lipinski definition) is 2. The average Bonchev–Trinajstić information content (AvgIpc) is 2.44. The molecule has 0 fully saturated rings. The third-order valence-electron chi connectivity index (χ3n) is 2.81. The van der Waals surface area contributed by atoms with Crippen LogP contribution in [0.2, 0.25) is 5.02 Å². The van der Waals surface area contributed by atoms with Crippen molar-refractivity contribution >= 4 is 11.6 Å². The molecule has 0 saturated carbocycles. The van der Waals surface area contributed by atoms with Crippen LogP contribution in [-0.2, 0) is 6.54 Å². The molecule has 0 aliphatic heterocycles. The first-order chi connectivity index (χ1) is 9.70. The molecule has 0 amide bonds. The van der Waals surface area contributed by atoms with E-state index in [2.05, 4.69) is 12.2 Å². The highest BCUT2D eigenvalue weighted by Gasteiger charge is 2.07. The lowest BCUT2D eigenvalue weighted by atomic mass is 10.2. The predicted molar refractivity (Wildman–Crippen MR) is 79.9 cm³/mol. The second-order valence-electron chi connectivity index (χ2n) is 4.47. The van der Waals surface area contributed by atoms with E-state index in [4.69, 9.17) is 16.3 Å². The van der Waals surface area contributed by atoms with E-state index in [1.807, 2.05) is 12.1 Å². The van der Waals surface area contributed by atoms with Gasteiger partial charge >= 0.3 is 0 Å². The highest BCUT2D eigenvalue weighted by molar-refractivity contribution is 6.32. The topological polar surface area (TPSA) is 21.3 Å². The van der Waals surface area contributed by atoms with Crippen LogP contribution < -0.4 is 10.1 Å². The molecule has 0 aromatic heterocycles. The van der Waals surface area contributed by atoms with Crippen molar-refractivity contribution in [1.82, 2.24) is 5.32 Å². The fraction of sp³-hybridized carbons (Fsp3) is 0.250. The van der Waals surface area contributed by atoms with Crippen LogP contribution in [0.15, 0.2) is 42.5 Å². The molecule has 0 radical (unpaired) electrons. The molecule has 0 heterocycles. The Morgan fingerprint density at radius 2 is 1.95 bits per heavy atom. The minimum Gasteiger partial charge on any atom is -0.453 e. The minimum atomic E-state index is -0.405. The number of halogens is 2. The Morgan fingerprint density at radius 3 is 2.65 bits per heavy atom. The summed E-state index contributed by atoms with van der Waals surface area (Å²) in [7, 11) is 0. The summed E-state index contributed by atoms with van der Waals surface area (Å²) in [6.07, 6.45) is 1.09. The normalized spacial score (nSPS) is 10.6. The van der Waals surface area contributed by atoms with Crippen molar-refractivity contribution in [2.45, 2.75) is 19.9 Å². The van der Waals surface area contributed by atoms with E-state index >= 15 is 0 Å². The van der Waals surface area contributed by atoms with Crippen molar-refractivity contribution in [2.24, 2.45) is 0 Å². The zero-order chi connectivity index (χ0) is 14.4. The van der Waals surface area contributed by atoms with Crippen LogP contribution in [0.1, 0.15) is 18.9 Å². The lowest BCUT2D eigenvalue weighted by molar-refractivity contribution is 0.442. The Balaban J connectivity index is 2.08. The second kappa shape index (κ2) is 7.27. The molecule has 0 bridgehead atoms. The highest BCUT2D eigenvalue weighted by Crippen LogP contribution is 2.31. The molecule has 2 rings (SSSR count). The van der Waals surface area contributed by atoms with Gasteiger partial charge in [0.2, 0.25) is 0 Å². The van der Waals surface area contributed by atoms with Crippen LogP contribution in [0.5, 0.6) is 11.5 Å². The van der Waals surface area contributed by atoms with Crippen molar-refractivity contribution in [3.63, 3.8) is 0 Å². The molecule has 0 atom stereocenters. The number of para-hydroxylation sites is 1. The van der Waals surface area contributed by atoms with Gasteiger partial charge in [0.05, 0.1) is 5.02 Å². The van der Waals surface area contributed by atoms with Crippen LogP contribution in [0.4, 0.5) is 4.39 Å². The molecule has 0 aliphatic carbocycles. The van der Waals surface area contributed by atoms with Gasteiger partial charge in [0.1, 0.15) is 5.75 Å². The summed E-state index contributed by atoms with van der Waals surface area (Å²) in [5.41, 5.74) is 1.07. The molecule has 1 N–H and O–H groups in total. The fourth-order valence-electron chi connectivity index (χ4n) is 1.79. The van der Waals surface area contributed by atoms with Gasteiger partial charge in [0.15, 0.2) is 11.6 Å². The summed E-state index contributed by atoms with van der Waals surface area (Å²) >= 11 is 6.17. The van der Waals surface area contributed by atoms with Crippen molar-refractivity contribution in [2.75, 3.05) is 6.54 Å². The molecule has 0 spiro atoms. The molecule has 2 aromatic rings. The van der Waals surface area contributed by atoms with Crippen molar-refractivity contribution in [3.05, 3.63) is 58.9 Å². The van der Waals surface area contributed by atoms with Crippen LogP contribution in [0.3, 0.4) is 0 Å². The van der Waals surface area contributed by atoms with Crippen molar-refractivity contribution < 1.29 is 9.13 Å². The first-order valence-electron chi connectivity index (χ1n) is 6.62. The lowest BCUT2D eigenvalue weighted by Gasteiger charge is -2.10. The first kappa shape index (κ1) is 14.8. The van der Waals surface area contributed by atoms with E-state index < -0.39 is 5.82 Å². The van der Waals surface area contributed by atoms with Gasteiger partial charge in [0, 0.05) is 6.54 Å². The highest BCUT2D eigenvalue weighted by atomic mass is 35.5. The number of ether oxygens (including phenoxy) is 1. The van der Waals surface area contributed by atoms with E-state index in [1.54, 1.807) is 24.3 Å². The number of benzene rings is 2. The number of rotatable bonds is 6. The Labute approximate surface area is 123 Å². The Bertz CT molecular complexity index is 574. The maximum atomic E-state index is 13.5. The van der Waals surface area contributed by atoms with Gasteiger partial charge in [0.25, 0.3) is 0 Å². The van der Waals surface area contributed by atoms with Gasteiger partial charge in [-0.25, -0.2) is 4.39 Å². The fourth-order valence-corrected chi connectivity index (χ4v) is 2.03. The maximum absolute atomic E-state index is 13.5. The van der Waals surface area contributed by atoms with Gasteiger partial charge in [-0.15, -0.1) is 0 Å². The molecule has 106 valence electrons. The summed E-state index contributed by atoms with van der Waals surface area (Å²) < 4.78 is 19.0. The van der Waals surface area contributed by atoms with Crippen LogP contribution in [0.25, 0.3) is 0 Å². The molecule has 20 heavy (non-hydrogen) atoms. The zero-order valence-corrected chi connectivity index (χ0v) is 12.1. The van der Waals surface area contributed by atoms with Crippen LogP contribution in [0, 0.1) is 5.82 Å². The van der Waals surface area contributed by atoms with E-state index in [0.29, 0.717) is 10.8 Å². The molecule has 2 aromatic carbocycles. The third-order valence-corrected chi connectivity index (χ3v) is 3.10. The monoisotopic (exact) mass is 293 g/mol. The van der Waals surface area contributed by atoms with E-state index in [9.17, 15) is 4.39 Å². The summed E-state index contributed by atoms with van der Waals surface area (Å²) in [4.78, 5) is 0. The van der Waals surface area contributed by atoms with Gasteiger partial charge in [-0.3, -0.25) is 0 Å². The summed E-state index contributed by atoms with van der Waals surface area (Å²) in [6.45, 7) is 3.84. The summed E-state index contributed by atoms with van der Waals surface area (Å²) in [5.74, 6) is 0.222. The maximum Gasteiger partial charge on any atom is 0.165 e. The van der Waals surface area contributed by atoms with Crippen molar-refractivity contribution in [3.8, 4) is 11.5 Å². The minimum absolute atomic E-state index is 0.172. The Morgan fingerprint density at radius 1 is 1.15 bits per heavy atom. The predicted octanol–water partition coefficient (Wildman–Crippen LogP) is 4.77. The first-order valence-corrected chi connectivity index (χ1v) is 7.00. The van der Waals surface area contributed by atoms with Gasteiger partial charge in [-0.1, -0.05) is 36.7 Å². The molecule has 2 nitrogen and oxygen atoms in total. The smallest absolute Gasteiger partial charge is 0.165 e. The lowest BCUT2D eigenvalue weighted by Crippen LogP contribution is -2.13. The van der Waals surface area contributed by atoms with Crippen molar-refractivity contribution in [1.29, 1.82) is 0 Å². The zero-order valence-electron chi connectivity index (χ0n) is 11.3. The standard InChI is InChI=1S/C16H17ClFNO/c1-2-9-19-11-12-7-8-15(13(17)10-12)20-16-6-4-3-5-14(16)18/h3-8,10,19H,2,9,11H2,1H3. The molecule has 0 unspecified atom stereocenters. The number of hydrogen-bond donors (Lipinski definition) is 1. The Hall–Kier alpha value is -1.58. The second-order valence-corrected chi connectivity index (χ2v) is 4.88. The van der Waals surface area contributed by atoms with E-state index in [0.717, 1.165) is 25.1 Å². The van der Waals surface area contributed by atoms with Crippen LogP contribution in [-0.4, -0.2) is 6.54 Å². The van der Waals surface area contributed by atoms with E-state index in [1.165, 1.54) is 6.07 Å². The molecule has 4 heteroatoms. The van der Waals surface area contributed by atoms with Gasteiger partial charge in [-0.05, 0) is 42.8 Å². The third kappa shape index (κ3) is 3.95. The summed E-state index contributed by atoms with van der Waals surface area (Å²) in [6, 6.07) is 11.8. The number of nitrogens with one attached hydrogen (secondary N) is 1. The van der Waals surface area contributed by atoms with E-state index in [-0.39, 0.29) is 5.75 Å². The molecule has 0 saturated heterocycles. The largest absolute Gasteiger partial charge is 0.453 e. The van der Waals surface area contributed by atoms with Gasteiger partial charge < -0.3 is 10.1 Å².